The summed E-state index contributed by atoms with van der Waals surface area (Å²) in [7, 11) is 0. The van der Waals surface area contributed by atoms with Crippen molar-refractivity contribution in [2.45, 2.75) is 65.6 Å². The zero-order chi connectivity index (χ0) is 26.9. The number of fused-ring (bicyclic) bond motifs is 1. The molecule has 1 atom stereocenters. The zero-order valence-electron chi connectivity index (χ0n) is 21.6. The van der Waals surface area contributed by atoms with Gasteiger partial charge in [-0.1, -0.05) is 6.07 Å². The number of esters is 1. The highest BCUT2D eigenvalue weighted by Crippen LogP contribution is 2.36. The lowest BCUT2D eigenvalue weighted by molar-refractivity contribution is -0.157. The second-order valence-corrected chi connectivity index (χ2v) is 10.2. The monoisotopic (exact) mass is 506 g/mol. The summed E-state index contributed by atoms with van der Waals surface area (Å²) in [6.45, 7) is 9.13. The summed E-state index contributed by atoms with van der Waals surface area (Å²) in [5.74, 6) is -0.982. The van der Waals surface area contributed by atoms with Crippen LogP contribution in [0.5, 0.6) is 5.75 Å². The minimum atomic E-state index is -0.694. The van der Waals surface area contributed by atoms with Crippen molar-refractivity contribution in [1.82, 2.24) is 10.2 Å². The van der Waals surface area contributed by atoms with Gasteiger partial charge in [0, 0.05) is 24.1 Å². The SMILES string of the molecule is Cc1cc(OCC(=O)OC(C)(C)C)cc(C)c1N=Nc1cccc2c1CN(C1CCC(=O)NC1=O)C2=O. The van der Waals surface area contributed by atoms with Crippen molar-refractivity contribution in [1.29, 1.82) is 0 Å². The number of aryl methyl sites for hydroxylation is 2. The van der Waals surface area contributed by atoms with Gasteiger partial charge < -0.3 is 14.4 Å². The minimum Gasteiger partial charge on any atom is -0.482 e. The maximum absolute atomic E-state index is 13.0. The fraction of sp³-hybridized carbons (Fsp3) is 0.407. The molecule has 4 rings (SSSR count). The largest absolute Gasteiger partial charge is 0.482 e. The maximum Gasteiger partial charge on any atom is 0.344 e. The highest BCUT2D eigenvalue weighted by atomic mass is 16.6. The van der Waals surface area contributed by atoms with Crippen molar-refractivity contribution >= 4 is 35.1 Å². The number of rotatable bonds is 6. The zero-order valence-corrected chi connectivity index (χ0v) is 21.6. The van der Waals surface area contributed by atoms with Crippen LogP contribution < -0.4 is 10.1 Å². The summed E-state index contributed by atoms with van der Waals surface area (Å²) >= 11 is 0. The van der Waals surface area contributed by atoms with E-state index in [0.717, 1.165) is 11.1 Å². The molecule has 1 fully saturated rings. The first-order valence-electron chi connectivity index (χ1n) is 12.1. The molecule has 194 valence electrons. The van der Waals surface area contributed by atoms with Crippen molar-refractivity contribution in [3.63, 3.8) is 0 Å². The number of hydrogen-bond donors (Lipinski definition) is 1. The van der Waals surface area contributed by atoms with E-state index in [4.69, 9.17) is 9.47 Å². The number of hydrogen-bond acceptors (Lipinski definition) is 8. The highest BCUT2D eigenvalue weighted by molar-refractivity contribution is 6.06. The van der Waals surface area contributed by atoms with E-state index in [2.05, 4.69) is 15.5 Å². The molecule has 2 aromatic carbocycles. The minimum absolute atomic E-state index is 0.194. The van der Waals surface area contributed by atoms with Gasteiger partial charge in [-0.2, -0.15) is 5.11 Å². The average molecular weight is 507 g/mol. The van der Waals surface area contributed by atoms with Crippen LogP contribution in [0.3, 0.4) is 0 Å². The molecule has 3 amide bonds. The Kier molecular flexibility index (Phi) is 7.11. The molecule has 10 nitrogen and oxygen atoms in total. The van der Waals surface area contributed by atoms with Crippen LogP contribution in [0.2, 0.25) is 0 Å². The van der Waals surface area contributed by atoms with E-state index < -0.39 is 23.5 Å². The lowest BCUT2D eigenvalue weighted by atomic mass is 10.0. The van der Waals surface area contributed by atoms with E-state index in [1.54, 1.807) is 51.1 Å². The number of carbonyl (C=O) groups excluding carboxylic acids is 4. The topological polar surface area (TPSA) is 127 Å². The molecule has 37 heavy (non-hydrogen) atoms. The number of carbonyl (C=O) groups is 4. The van der Waals surface area contributed by atoms with Crippen LogP contribution >= 0.6 is 0 Å². The second-order valence-electron chi connectivity index (χ2n) is 10.2. The van der Waals surface area contributed by atoms with Crippen molar-refractivity contribution in [3.8, 4) is 5.75 Å². The number of nitrogens with zero attached hydrogens (tertiary/aromatic N) is 3. The number of piperidine rings is 1. The number of ether oxygens (including phenoxy) is 2. The summed E-state index contributed by atoms with van der Waals surface area (Å²) in [5.41, 5.74) is 3.36. The number of amides is 3. The van der Waals surface area contributed by atoms with E-state index in [0.29, 0.717) is 34.7 Å². The molecule has 2 aliphatic heterocycles. The molecule has 2 heterocycles. The molecule has 2 aromatic rings. The quantitative estimate of drug-likeness (QED) is 0.355. The summed E-state index contributed by atoms with van der Waals surface area (Å²) in [6, 6.07) is 8.06. The Morgan fingerprint density at radius 3 is 2.46 bits per heavy atom. The Balaban J connectivity index is 1.50. The van der Waals surface area contributed by atoms with Gasteiger partial charge in [-0.05, 0) is 76.4 Å². The molecule has 0 bridgehead atoms. The van der Waals surface area contributed by atoms with E-state index in [9.17, 15) is 19.2 Å². The van der Waals surface area contributed by atoms with Gasteiger partial charge in [0.1, 0.15) is 17.4 Å². The van der Waals surface area contributed by atoms with Gasteiger partial charge in [0.25, 0.3) is 5.91 Å². The van der Waals surface area contributed by atoms with Crippen molar-refractivity contribution in [2.75, 3.05) is 6.61 Å². The van der Waals surface area contributed by atoms with Crippen molar-refractivity contribution in [2.24, 2.45) is 10.2 Å². The molecule has 1 N–H and O–H groups in total. The van der Waals surface area contributed by atoms with Gasteiger partial charge in [-0.25, -0.2) is 4.79 Å². The molecule has 10 heteroatoms. The number of nitrogens with one attached hydrogen (secondary N) is 1. The van der Waals surface area contributed by atoms with Gasteiger partial charge in [0.15, 0.2) is 6.61 Å². The van der Waals surface area contributed by atoms with E-state index >= 15 is 0 Å². The number of azo groups is 1. The van der Waals surface area contributed by atoms with Crippen LogP contribution in [0.25, 0.3) is 0 Å². The van der Waals surface area contributed by atoms with Gasteiger partial charge in [-0.15, -0.1) is 5.11 Å². The Hall–Kier alpha value is -4.08. The summed E-state index contributed by atoms with van der Waals surface area (Å²) in [6.07, 6.45) is 0.487. The Morgan fingerprint density at radius 1 is 1.11 bits per heavy atom. The maximum atomic E-state index is 13.0. The first-order chi connectivity index (χ1) is 17.4. The van der Waals surface area contributed by atoms with Crippen LogP contribution in [0.1, 0.15) is 60.7 Å². The molecular weight excluding hydrogens is 476 g/mol. The summed E-state index contributed by atoms with van der Waals surface area (Å²) in [4.78, 5) is 50.3. The predicted octanol–water partition coefficient (Wildman–Crippen LogP) is 4.20. The van der Waals surface area contributed by atoms with Gasteiger partial charge in [0.2, 0.25) is 11.8 Å². The molecule has 0 radical (unpaired) electrons. The third-order valence-electron chi connectivity index (χ3n) is 6.06. The Bertz CT molecular complexity index is 1290. The molecule has 0 spiro atoms. The molecular formula is C27H30N4O6. The van der Waals surface area contributed by atoms with Gasteiger partial charge >= 0.3 is 5.97 Å². The van der Waals surface area contributed by atoms with Crippen LogP contribution in [-0.2, 0) is 25.7 Å². The lowest BCUT2D eigenvalue weighted by Crippen LogP contribution is -2.52. The van der Waals surface area contributed by atoms with Crippen LogP contribution in [0.15, 0.2) is 40.6 Å². The third kappa shape index (κ3) is 5.84. The van der Waals surface area contributed by atoms with Crippen molar-refractivity contribution < 1.29 is 28.7 Å². The van der Waals surface area contributed by atoms with Gasteiger partial charge in [-0.3, -0.25) is 19.7 Å². The smallest absolute Gasteiger partial charge is 0.344 e. The van der Waals surface area contributed by atoms with E-state index in [-0.39, 0.29) is 31.4 Å². The summed E-state index contributed by atoms with van der Waals surface area (Å²) < 4.78 is 10.9. The molecule has 1 unspecified atom stereocenters. The van der Waals surface area contributed by atoms with Crippen LogP contribution in [0, 0.1) is 13.8 Å². The molecule has 0 saturated carbocycles. The predicted molar refractivity (Wildman–Crippen MR) is 134 cm³/mol. The molecule has 1 saturated heterocycles. The first kappa shape index (κ1) is 26.0. The van der Waals surface area contributed by atoms with E-state index in [1.807, 2.05) is 13.8 Å². The second kappa shape index (κ2) is 10.1. The number of benzene rings is 2. The standard InChI is InChI=1S/C27H30N4O6/c1-15-11-17(36-14-23(33)37-27(3,4)5)12-16(2)24(15)30-29-20-8-6-7-18-19(20)13-31(26(18)35)21-9-10-22(32)28-25(21)34/h6-8,11-12,21H,9-10,13-14H2,1-5H3,(H,28,32,34). The van der Waals surface area contributed by atoms with E-state index in [1.165, 1.54) is 4.90 Å². The Morgan fingerprint density at radius 2 is 1.81 bits per heavy atom. The van der Waals surface area contributed by atoms with Crippen LogP contribution in [0.4, 0.5) is 11.4 Å². The highest BCUT2D eigenvalue weighted by Gasteiger charge is 2.39. The third-order valence-corrected chi connectivity index (χ3v) is 6.06. The lowest BCUT2D eigenvalue weighted by Gasteiger charge is -2.29. The average Bonchev–Trinajstić information content (AvgIpc) is 3.13. The van der Waals surface area contributed by atoms with Crippen molar-refractivity contribution in [3.05, 3.63) is 52.6 Å². The number of imide groups is 1. The molecule has 0 aliphatic carbocycles. The fourth-order valence-electron chi connectivity index (χ4n) is 4.44. The van der Waals surface area contributed by atoms with Gasteiger partial charge in [0.05, 0.1) is 11.4 Å². The summed E-state index contributed by atoms with van der Waals surface area (Å²) in [5, 5.41) is 11.2. The fourth-order valence-corrected chi connectivity index (χ4v) is 4.44. The first-order valence-corrected chi connectivity index (χ1v) is 12.1. The Labute approximate surface area is 215 Å². The normalized spacial score (nSPS) is 17.7. The van der Waals surface area contributed by atoms with Crippen LogP contribution in [-0.4, -0.2) is 46.8 Å². The molecule has 2 aliphatic rings. The molecule has 0 aromatic heterocycles.